The number of aryl methyl sites for hydroxylation is 1. The summed E-state index contributed by atoms with van der Waals surface area (Å²) in [5.41, 5.74) is 1.25. The molecule has 2 aromatic rings. The first-order chi connectivity index (χ1) is 10.3. The van der Waals surface area contributed by atoms with Crippen LogP contribution in [0, 0.1) is 6.92 Å². The van der Waals surface area contributed by atoms with Crippen LogP contribution in [0.3, 0.4) is 0 Å². The lowest BCUT2D eigenvalue weighted by Crippen LogP contribution is -2.13. The fourth-order valence-corrected chi connectivity index (χ4v) is 2.82. The standard InChI is InChI=1S/C17H24N2OS/c1-3-4-10-18-12-16-13-19-17(21-16)9-11-20-15-7-5-14(2)6-8-15/h5-8,13,18H,3-4,9-12H2,1-2H3. The lowest BCUT2D eigenvalue weighted by molar-refractivity contribution is 0.321. The van der Waals surface area contributed by atoms with Gasteiger partial charge in [0.15, 0.2) is 0 Å². The molecule has 0 saturated carbocycles. The summed E-state index contributed by atoms with van der Waals surface area (Å²) in [6, 6.07) is 8.16. The molecule has 0 aliphatic rings. The first-order valence-electron chi connectivity index (χ1n) is 7.61. The molecule has 0 atom stereocenters. The molecule has 114 valence electrons. The van der Waals surface area contributed by atoms with E-state index in [-0.39, 0.29) is 0 Å². The Morgan fingerprint density at radius 1 is 1.24 bits per heavy atom. The monoisotopic (exact) mass is 304 g/mol. The number of nitrogens with one attached hydrogen (secondary N) is 1. The molecule has 3 nitrogen and oxygen atoms in total. The summed E-state index contributed by atoms with van der Waals surface area (Å²) < 4.78 is 5.74. The van der Waals surface area contributed by atoms with Crippen molar-refractivity contribution in [2.45, 2.75) is 39.7 Å². The first-order valence-corrected chi connectivity index (χ1v) is 8.43. The second kappa shape index (κ2) is 8.80. The third-order valence-corrected chi connectivity index (χ3v) is 4.27. The zero-order chi connectivity index (χ0) is 14.9. The van der Waals surface area contributed by atoms with E-state index in [1.54, 1.807) is 11.3 Å². The number of hydrogen-bond acceptors (Lipinski definition) is 4. The number of thiazole rings is 1. The van der Waals surface area contributed by atoms with Gasteiger partial charge in [0.1, 0.15) is 5.75 Å². The summed E-state index contributed by atoms with van der Waals surface area (Å²) >= 11 is 1.77. The predicted molar refractivity (Wildman–Crippen MR) is 89.1 cm³/mol. The average molecular weight is 304 g/mol. The van der Waals surface area contributed by atoms with Gasteiger partial charge in [0.25, 0.3) is 0 Å². The molecule has 0 saturated heterocycles. The molecular weight excluding hydrogens is 280 g/mol. The van der Waals surface area contributed by atoms with Crippen LogP contribution in [-0.4, -0.2) is 18.1 Å². The molecule has 0 radical (unpaired) electrons. The number of unbranched alkanes of at least 4 members (excludes halogenated alkanes) is 1. The van der Waals surface area contributed by atoms with E-state index in [0.29, 0.717) is 6.61 Å². The van der Waals surface area contributed by atoms with Gasteiger partial charge in [-0.3, -0.25) is 0 Å². The first kappa shape index (κ1) is 16.0. The van der Waals surface area contributed by atoms with Crippen molar-refractivity contribution >= 4 is 11.3 Å². The van der Waals surface area contributed by atoms with Crippen molar-refractivity contribution in [2.75, 3.05) is 13.2 Å². The Morgan fingerprint density at radius 2 is 2.05 bits per heavy atom. The molecule has 1 heterocycles. The van der Waals surface area contributed by atoms with Gasteiger partial charge < -0.3 is 10.1 Å². The van der Waals surface area contributed by atoms with Gasteiger partial charge in [-0.1, -0.05) is 31.0 Å². The average Bonchev–Trinajstić information content (AvgIpc) is 2.94. The molecule has 0 spiro atoms. The normalized spacial score (nSPS) is 10.8. The zero-order valence-electron chi connectivity index (χ0n) is 12.9. The maximum atomic E-state index is 5.74. The van der Waals surface area contributed by atoms with Gasteiger partial charge in [0, 0.05) is 24.0 Å². The minimum absolute atomic E-state index is 0.680. The van der Waals surface area contributed by atoms with Gasteiger partial charge >= 0.3 is 0 Å². The predicted octanol–water partition coefficient (Wildman–Crippen LogP) is 3.96. The van der Waals surface area contributed by atoms with E-state index in [2.05, 4.69) is 36.3 Å². The molecule has 0 aliphatic heterocycles. The molecule has 1 N–H and O–H groups in total. The molecule has 1 aromatic carbocycles. The molecule has 0 unspecified atom stereocenters. The van der Waals surface area contributed by atoms with Crippen molar-refractivity contribution in [3.8, 4) is 5.75 Å². The van der Waals surface area contributed by atoms with Crippen molar-refractivity contribution < 1.29 is 4.74 Å². The van der Waals surface area contributed by atoms with Gasteiger partial charge in [-0.2, -0.15) is 0 Å². The van der Waals surface area contributed by atoms with Crippen LogP contribution < -0.4 is 10.1 Å². The van der Waals surface area contributed by atoms with Crippen LogP contribution >= 0.6 is 11.3 Å². The number of ether oxygens (including phenoxy) is 1. The molecule has 2 rings (SSSR count). The van der Waals surface area contributed by atoms with Gasteiger partial charge in [-0.15, -0.1) is 11.3 Å². The number of nitrogens with zero attached hydrogens (tertiary/aromatic N) is 1. The minimum Gasteiger partial charge on any atom is -0.493 e. The van der Waals surface area contributed by atoms with E-state index in [1.165, 1.54) is 23.3 Å². The van der Waals surface area contributed by atoms with Crippen LogP contribution in [0.4, 0.5) is 0 Å². The summed E-state index contributed by atoms with van der Waals surface area (Å²) in [6.07, 6.45) is 5.31. The van der Waals surface area contributed by atoms with Crippen LogP contribution in [0.5, 0.6) is 5.75 Å². The zero-order valence-corrected chi connectivity index (χ0v) is 13.7. The third-order valence-electron chi connectivity index (χ3n) is 3.21. The fraction of sp³-hybridized carbons (Fsp3) is 0.471. The minimum atomic E-state index is 0.680. The van der Waals surface area contributed by atoms with Crippen molar-refractivity contribution in [1.29, 1.82) is 0 Å². The molecule has 1 aromatic heterocycles. The van der Waals surface area contributed by atoms with Crippen LogP contribution in [0.2, 0.25) is 0 Å². The third kappa shape index (κ3) is 5.86. The highest BCUT2D eigenvalue weighted by atomic mass is 32.1. The Morgan fingerprint density at radius 3 is 2.81 bits per heavy atom. The molecule has 0 bridgehead atoms. The van der Waals surface area contributed by atoms with Gasteiger partial charge in [-0.05, 0) is 32.0 Å². The smallest absolute Gasteiger partial charge is 0.119 e. The Bertz CT molecular complexity index is 522. The summed E-state index contributed by atoms with van der Waals surface area (Å²) in [5, 5.41) is 4.59. The molecule has 0 aliphatic carbocycles. The lowest BCUT2D eigenvalue weighted by atomic mass is 10.2. The van der Waals surface area contributed by atoms with Gasteiger partial charge in [0.2, 0.25) is 0 Å². The quantitative estimate of drug-likeness (QED) is 0.712. The van der Waals surface area contributed by atoms with Crippen molar-refractivity contribution in [2.24, 2.45) is 0 Å². The maximum Gasteiger partial charge on any atom is 0.119 e. The van der Waals surface area contributed by atoms with Gasteiger partial charge in [-0.25, -0.2) is 4.98 Å². The number of hydrogen-bond donors (Lipinski definition) is 1. The van der Waals surface area contributed by atoms with E-state index in [4.69, 9.17) is 4.74 Å². The second-order valence-corrected chi connectivity index (χ2v) is 6.36. The summed E-state index contributed by atoms with van der Waals surface area (Å²) in [7, 11) is 0. The summed E-state index contributed by atoms with van der Waals surface area (Å²) in [5.74, 6) is 0.929. The lowest BCUT2D eigenvalue weighted by Gasteiger charge is -2.04. The Balaban J connectivity index is 1.69. The second-order valence-electron chi connectivity index (χ2n) is 5.16. The van der Waals surface area contributed by atoms with Crippen molar-refractivity contribution in [3.05, 3.63) is 45.9 Å². The van der Waals surface area contributed by atoms with Crippen LogP contribution in [-0.2, 0) is 13.0 Å². The molecule has 0 fully saturated rings. The highest BCUT2D eigenvalue weighted by Gasteiger charge is 2.02. The van der Waals surface area contributed by atoms with Crippen LogP contribution in [0.1, 0.15) is 35.2 Å². The Kier molecular flexibility index (Phi) is 6.70. The highest BCUT2D eigenvalue weighted by Crippen LogP contribution is 2.15. The largest absolute Gasteiger partial charge is 0.493 e. The summed E-state index contributed by atoms with van der Waals surface area (Å²) in [6.45, 7) is 6.98. The Hall–Kier alpha value is -1.39. The van der Waals surface area contributed by atoms with E-state index >= 15 is 0 Å². The number of benzene rings is 1. The van der Waals surface area contributed by atoms with E-state index in [0.717, 1.165) is 30.3 Å². The highest BCUT2D eigenvalue weighted by molar-refractivity contribution is 7.11. The molecule has 0 amide bonds. The van der Waals surface area contributed by atoms with Gasteiger partial charge in [0.05, 0.1) is 11.6 Å². The number of aromatic nitrogens is 1. The number of rotatable bonds is 9. The molecular formula is C17H24N2OS. The summed E-state index contributed by atoms with van der Waals surface area (Å²) in [4.78, 5) is 5.76. The SMILES string of the molecule is CCCCNCc1cnc(CCOc2ccc(C)cc2)s1. The molecule has 21 heavy (non-hydrogen) atoms. The molecule has 4 heteroatoms. The fourth-order valence-electron chi connectivity index (χ4n) is 1.95. The van der Waals surface area contributed by atoms with Crippen LogP contribution in [0.15, 0.2) is 30.5 Å². The maximum absolute atomic E-state index is 5.74. The van der Waals surface area contributed by atoms with E-state index in [9.17, 15) is 0 Å². The van der Waals surface area contributed by atoms with E-state index < -0.39 is 0 Å². The topological polar surface area (TPSA) is 34.2 Å². The van der Waals surface area contributed by atoms with Crippen molar-refractivity contribution in [3.63, 3.8) is 0 Å². The van der Waals surface area contributed by atoms with Crippen LogP contribution in [0.25, 0.3) is 0 Å². The Labute approximate surface area is 131 Å². The van der Waals surface area contributed by atoms with Crippen molar-refractivity contribution in [1.82, 2.24) is 10.3 Å². The van der Waals surface area contributed by atoms with E-state index in [1.807, 2.05) is 18.3 Å².